The van der Waals surface area contributed by atoms with Crippen molar-refractivity contribution in [1.82, 2.24) is 9.88 Å². The molecular formula is C34H38N4O6S. The number of aryl methyl sites for hydroxylation is 1. The van der Waals surface area contributed by atoms with Gasteiger partial charge in [0.05, 0.1) is 6.54 Å². The van der Waals surface area contributed by atoms with Crippen LogP contribution in [-0.4, -0.2) is 61.2 Å². The molecule has 3 N–H and O–H groups in total. The van der Waals surface area contributed by atoms with Crippen LogP contribution >= 0.6 is 11.8 Å². The van der Waals surface area contributed by atoms with Crippen LogP contribution in [0.2, 0.25) is 0 Å². The molecule has 0 bridgehead atoms. The Balaban J connectivity index is 1.21. The SMILES string of the molecule is COCO[C@@H](COC(=O)Nc1ccc(SC2CC2)c(CN(C)C(=O)CNc2ccc3cc[nH]c(=O)c3c2)c1)c1ccccc1C. The van der Waals surface area contributed by atoms with Crippen molar-refractivity contribution in [3.8, 4) is 0 Å². The van der Waals surface area contributed by atoms with Crippen LogP contribution in [0.15, 0.2) is 82.6 Å². The number of aromatic amines is 1. The number of likely N-dealkylation sites (N-methyl/N-ethyl adjacent to an activating group) is 1. The Labute approximate surface area is 266 Å². The highest BCUT2D eigenvalue weighted by molar-refractivity contribution is 8.00. The van der Waals surface area contributed by atoms with Crippen molar-refractivity contribution < 1.29 is 23.8 Å². The van der Waals surface area contributed by atoms with Gasteiger partial charge in [-0.15, -0.1) is 11.8 Å². The number of hydrogen-bond donors (Lipinski definition) is 3. The third kappa shape index (κ3) is 8.87. The van der Waals surface area contributed by atoms with Crippen molar-refractivity contribution in [2.45, 2.75) is 42.6 Å². The zero-order valence-electron chi connectivity index (χ0n) is 25.6. The summed E-state index contributed by atoms with van der Waals surface area (Å²) < 4.78 is 16.4. The number of nitrogens with one attached hydrogen (secondary N) is 3. The van der Waals surface area contributed by atoms with Gasteiger partial charge in [0.1, 0.15) is 19.5 Å². The molecule has 2 amide bonds. The highest BCUT2D eigenvalue weighted by atomic mass is 32.2. The molecule has 0 saturated heterocycles. The van der Waals surface area contributed by atoms with Crippen LogP contribution in [0.5, 0.6) is 0 Å². The van der Waals surface area contributed by atoms with E-state index < -0.39 is 12.2 Å². The lowest BCUT2D eigenvalue weighted by Gasteiger charge is -2.21. The summed E-state index contributed by atoms with van der Waals surface area (Å²) in [5, 5.41) is 7.91. The van der Waals surface area contributed by atoms with Gasteiger partial charge in [-0.25, -0.2) is 4.79 Å². The number of rotatable bonds is 14. The zero-order valence-corrected chi connectivity index (χ0v) is 26.4. The summed E-state index contributed by atoms with van der Waals surface area (Å²) in [4.78, 5) is 43.5. The predicted octanol–water partition coefficient (Wildman–Crippen LogP) is 6.07. The molecule has 1 heterocycles. The molecule has 1 saturated carbocycles. The van der Waals surface area contributed by atoms with Gasteiger partial charge >= 0.3 is 6.09 Å². The monoisotopic (exact) mass is 630 g/mol. The molecular weight excluding hydrogens is 592 g/mol. The van der Waals surface area contributed by atoms with Gasteiger partial charge in [0.25, 0.3) is 5.56 Å². The van der Waals surface area contributed by atoms with Crippen LogP contribution in [-0.2, 0) is 25.5 Å². The van der Waals surface area contributed by atoms with Crippen LogP contribution in [0, 0.1) is 6.92 Å². The molecule has 1 fully saturated rings. The summed E-state index contributed by atoms with van der Waals surface area (Å²) in [6.07, 6.45) is 2.86. The lowest BCUT2D eigenvalue weighted by molar-refractivity contribution is -0.128. The third-order valence-electron chi connectivity index (χ3n) is 7.47. The first-order valence-electron chi connectivity index (χ1n) is 14.8. The fourth-order valence-corrected chi connectivity index (χ4v) is 5.99. The normalized spacial score (nSPS) is 13.3. The van der Waals surface area contributed by atoms with E-state index in [9.17, 15) is 14.4 Å². The van der Waals surface area contributed by atoms with Crippen molar-refractivity contribution in [1.29, 1.82) is 0 Å². The van der Waals surface area contributed by atoms with Crippen molar-refractivity contribution >= 4 is 45.9 Å². The Kier molecular flexibility index (Phi) is 10.8. The minimum Gasteiger partial charge on any atom is -0.446 e. The van der Waals surface area contributed by atoms with E-state index >= 15 is 0 Å². The highest BCUT2D eigenvalue weighted by Gasteiger charge is 2.25. The largest absolute Gasteiger partial charge is 0.446 e. The van der Waals surface area contributed by atoms with Gasteiger partial charge in [0, 0.05) is 53.8 Å². The van der Waals surface area contributed by atoms with Crippen LogP contribution < -0.4 is 16.2 Å². The molecule has 1 aliphatic carbocycles. The predicted molar refractivity (Wildman–Crippen MR) is 177 cm³/mol. The summed E-state index contributed by atoms with van der Waals surface area (Å²) in [7, 11) is 3.29. The molecule has 0 aliphatic heterocycles. The molecule has 236 valence electrons. The average molecular weight is 631 g/mol. The van der Waals surface area contributed by atoms with Crippen molar-refractivity contribution in [2.75, 3.05) is 44.7 Å². The molecule has 1 aliphatic rings. The number of fused-ring (bicyclic) bond motifs is 1. The number of amides is 2. The fourth-order valence-electron chi connectivity index (χ4n) is 4.84. The number of thioether (sulfide) groups is 1. The number of anilines is 2. The maximum Gasteiger partial charge on any atom is 0.411 e. The summed E-state index contributed by atoms with van der Waals surface area (Å²) in [5.41, 5.74) is 3.95. The summed E-state index contributed by atoms with van der Waals surface area (Å²) >= 11 is 1.79. The molecule has 3 aromatic carbocycles. The number of pyridine rings is 1. The second kappa shape index (κ2) is 15.1. The second-order valence-electron chi connectivity index (χ2n) is 11.0. The number of benzene rings is 3. The van der Waals surface area contributed by atoms with Gasteiger partial charge in [-0.05, 0) is 78.2 Å². The Bertz CT molecular complexity index is 1710. The van der Waals surface area contributed by atoms with Crippen molar-refractivity contribution in [2.24, 2.45) is 0 Å². The maximum atomic E-state index is 13.1. The lowest BCUT2D eigenvalue weighted by Crippen LogP contribution is -2.32. The van der Waals surface area contributed by atoms with E-state index in [1.165, 1.54) is 0 Å². The quantitative estimate of drug-likeness (QED) is 0.144. The molecule has 0 unspecified atom stereocenters. The fraction of sp³-hybridized carbons (Fsp3) is 0.324. The number of hydrogen-bond acceptors (Lipinski definition) is 8. The number of carbonyl (C=O) groups is 2. The molecule has 1 atom stereocenters. The molecule has 5 rings (SSSR count). The number of H-pyrrole nitrogens is 1. The Hall–Kier alpha value is -4.32. The number of ether oxygens (including phenoxy) is 3. The van der Waals surface area contributed by atoms with Crippen LogP contribution in [0.25, 0.3) is 10.8 Å². The van der Waals surface area contributed by atoms with Gasteiger partial charge in [-0.3, -0.25) is 14.9 Å². The van der Waals surface area contributed by atoms with Crippen LogP contribution in [0.4, 0.5) is 16.2 Å². The van der Waals surface area contributed by atoms with E-state index in [-0.39, 0.29) is 31.4 Å². The number of methoxy groups -OCH3 is 1. The van der Waals surface area contributed by atoms with Crippen molar-refractivity contribution in [3.63, 3.8) is 0 Å². The standard InChI is InChI=1S/C34H38N4O6S/c1-22-6-4-5-7-28(22)30(44-21-42-3)20-43-34(41)37-26-10-13-31(45-27-11-12-27)24(16-26)19-38(2)32(39)18-36-25-9-8-23-14-15-35-33(40)29(23)17-25/h4-10,13-17,27,30,36H,11-12,18-21H2,1-3H3,(H,35,40)(H,37,41)/t30-/m0/s1. The lowest BCUT2D eigenvalue weighted by atomic mass is 10.0. The van der Waals surface area contributed by atoms with E-state index in [0.717, 1.165) is 39.8 Å². The van der Waals surface area contributed by atoms with Gasteiger partial charge in [-0.1, -0.05) is 30.3 Å². The maximum absolute atomic E-state index is 13.1. The molecule has 4 aromatic rings. The van der Waals surface area contributed by atoms with Crippen LogP contribution in [0.1, 0.15) is 35.6 Å². The minimum absolute atomic E-state index is 0.0123. The van der Waals surface area contributed by atoms with E-state index in [1.807, 2.05) is 67.6 Å². The Morgan fingerprint density at radius 2 is 1.87 bits per heavy atom. The van der Waals surface area contributed by atoms with E-state index in [1.54, 1.807) is 43.1 Å². The first-order valence-corrected chi connectivity index (χ1v) is 15.7. The molecule has 11 heteroatoms. The van der Waals surface area contributed by atoms with Gasteiger partial charge in [-0.2, -0.15) is 0 Å². The molecule has 0 spiro atoms. The van der Waals surface area contributed by atoms with E-state index in [4.69, 9.17) is 14.2 Å². The average Bonchev–Trinajstić information content (AvgIpc) is 3.86. The Morgan fingerprint density at radius 1 is 1.07 bits per heavy atom. The highest BCUT2D eigenvalue weighted by Crippen LogP contribution is 2.41. The summed E-state index contributed by atoms with van der Waals surface area (Å²) in [6.45, 7) is 2.48. The first-order chi connectivity index (χ1) is 21.8. The zero-order chi connectivity index (χ0) is 31.8. The minimum atomic E-state index is -0.606. The molecule has 45 heavy (non-hydrogen) atoms. The number of carbonyl (C=O) groups excluding carboxylic acids is 2. The second-order valence-corrected chi connectivity index (χ2v) is 12.3. The third-order valence-corrected chi connectivity index (χ3v) is 8.92. The van der Waals surface area contributed by atoms with Gasteiger partial charge in [0.15, 0.2) is 0 Å². The Morgan fingerprint density at radius 3 is 2.64 bits per heavy atom. The first kappa shape index (κ1) is 32.1. The smallest absolute Gasteiger partial charge is 0.411 e. The summed E-state index contributed by atoms with van der Waals surface area (Å²) in [5.74, 6) is -0.115. The van der Waals surface area contributed by atoms with Gasteiger partial charge in [0.2, 0.25) is 5.91 Å². The molecule has 10 nitrogen and oxygen atoms in total. The van der Waals surface area contributed by atoms with Crippen molar-refractivity contribution in [3.05, 3.63) is 100.0 Å². The van der Waals surface area contributed by atoms with Crippen LogP contribution in [0.3, 0.4) is 0 Å². The van der Waals surface area contributed by atoms with E-state index in [2.05, 4.69) is 15.6 Å². The van der Waals surface area contributed by atoms with Gasteiger partial charge < -0.3 is 29.4 Å². The summed E-state index contributed by atoms with van der Waals surface area (Å²) in [6, 6.07) is 20.8. The molecule has 0 radical (unpaired) electrons. The van der Waals surface area contributed by atoms with E-state index in [0.29, 0.717) is 28.6 Å². The molecule has 1 aromatic heterocycles. The number of aromatic nitrogens is 1. The number of nitrogens with zero attached hydrogens (tertiary/aromatic N) is 1. The topological polar surface area (TPSA) is 122 Å².